The number of aryl methyl sites for hydroxylation is 4. The Morgan fingerprint density at radius 1 is 0.660 bits per heavy atom. The molecular formula is C71H84Br4F6N10O4P2S6. The molecule has 0 saturated carbocycles. The Balaban J connectivity index is 0.000000310. The summed E-state index contributed by atoms with van der Waals surface area (Å²) in [6, 6.07) is 14.5. The summed E-state index contributed by atoms with van der Waals surface area (Å²) in [6.45, 7) is 31.6. The number of ketones is 2. The van der Waals surface area contributed by atoms with Crippen LogP contribution in [0.25, 0.3) is 5.69 Å². The molecule has 4 aliphatic rings. The Morgan fingerprint density at radius 3 is 1.52 bits per heavy atom. The topological polar surface area (TPSA) is 241 Å². The van der Waals surface area contributed by atoms with Gasteiger partial charge in [0, 0.05) is 89.1 Å². The number of aromatic nitrogens is 2. The quantitative estimate of drug-likeness (QED) is 0.0257. The smallest absolute Gasteiger partial charge is 0.323 e. The van der Waals surface area contributed by atoms with Gasteiger partial charge in [0.1, 0.15) is 46.3 Å². The van der Waals surface area contributed by atoms with E-state index in [4.69, 9.17) is 40.3 Å². The van der Waals surface area contributed by atoms with Crippen molar-refractivity contribution in [3.8, 4) is 18.0 Å². The SMILES string of the molecule is C#CCN.CC(C)(N)C(=O)O.Cc1c(Br)c(F)cc2c1-n1c(C)cnc1C(C)(C)N2.Cc1c(Br)c(F)cc2c1CC(=O)C(C)(C)N2.Cc1c(Br)c(F)cc2c1CC(=S)C(C)(C)N2.Cc1cc(F)cc(Br)c1N.Cc1cc(F)cc2c1CC(=O)C(C)(C)N2.Cc1cc(F)ccc1N.S=PP=S=S=S=S. The first-order valence-electron chi connectivity index (χ1n) is 31.0. The third-order valence-electron chi connectivity index (χ3n) is 16.0. The van der Waals surface area contributed by atoms with E-state index in [1.807, 2.05) is 96.2 Å². The number of Topliss-reactive ketones (excluding diaryl/α,β-unsaturated/α-hetero) is 2. The zero-order valence-electron chi connectivity index (χ0n) is 59.8. The molecule has 0 spiro atoms. The molecule has 13 N–H and O–H groups in total. The minimum absolute atomic E-state index is 0.126. The number of rotatable bonds is 2. The van der Waals surface area contributed by atoms with Crippen LogP contribution >= 0.6 is 90.0 Å². The van der Waals surface area contributed by atoms with Crippen LogP contribution in [-0.2, 0) is 89.4 Å². The van der Waals surface area contributed by atoms with Gasteiger partial charge in [-0.05, 0) is 336 Å². The van der Waals surface area contributed by atoms with Crippen molar-refractivity contribution in [2.75, 3.05) is 39.3 Å². The average molecular weight is 1830 g/mol. The highest BCUT2D eigenvalue weighted by Crippen LogP contribution is 2.43. The number of carbonyl (C=O) groups is 3. The number of imidazole rings is 1. The van der Waals surface area contributed by atoms with Gasteiger partial charge in [-0.2, -0.15) is 0 Å². The first-order valence-corrected chi connectivity index (χ1v) is 43.1. The zero-order valence-corrected chi connectivity index (χ0v) is 72.8. The summed E-state index contributed by atoms with van der Waals surface area (Å²) in [6.07, 6.45) is 7.99. The van der Waals surface area contributed by atoms with Crippen LogP contribution in [0.1, 0.15) is 131 Å². The highest BCUT2D eigenvalue weighted by Gasteiger charge is 2.37. The monoisotopic (exact) mass is 1820 g/mol. The number of carboxylic acids is 1. The Bertz CT molecular complexity index is 4460. The predicted octanol–water partition coefficient (Wildman–Crippen LogP) is 19.0. The minimum atomic E-state index is -1.08. The molecule has 11 rings (SSSR count). The summed E-state index contributed by atoms with van der Waals surface area (Å²) in [5.41, 5.74) is 32.2. The van der Waals surface area contributed by atoms with Gasteiger partial charge >= 0.3 is 5.97 Å². The maximum atomic E-state index is 13.9. The number of carboxylic acid groups (broad SMARTS) is 1. The van der Waals surface area contributed by atoms with E-state index in [0.29, 0.717) is 48.7 Å². The molecule has 0 saturated heterocycles. The fraction of sp³-hybridized carbons (Fsp3) is 0.366. The van der Waals surface area contributed by atoms with Crippen LogP contribution in [0, 0.1) is 95.7 Å². The van der Waals surface area contributed by atoms with Crippen molar-refractivity contribution < 1.29 is 45.8 Å². The third kappa shape index (κ3) is 25.8. The van der Waals surface area contributed by atoms with Gasteiger partial charge in [-0.15, -0.1) is 6.42 Å². The maximum absolute atomic E-state index is 13.9. The summed E-state index contributed by atoms with van der Waals surface area (Å²) in [7, 11) is 6.83. The van der Waals surface area contributed by atoms with Crippen molar-refractivity contribution in [1.82, 2.24) is 9.55 Å². The van der Waals surface area contributed by atoms with E-state index in [2.05, 4.69) is 130 Å². The molecule has 4 aliphatic heterocycles. The number of thiocarbonyl (C=S) groups is 1. The fourth-order valence-electron chi connectivity index (χ4n) is 9.82. The molecular weight excluding hydrogens is 1740 g/mol. The lowest BCUT2D eigenvalue weighted by Crippen LogP contribution is -2.45. The van der Waals surface area contributed by atoms with Crippen LogP contribution in [0.4, 0.5) is 60.5 Å². The molecule has 0 atom stereocenters. The van der Waals surface area contributed by atoms with E-state index < -0.39 is 22.6 Å². The number of carbonyl (C=O) groups excluding carboxylic acids is 2. The van der Waals surface area contributed by atoms with Crippen LogP contribution in [0.2, 0.25) is 0 Å². The molecule has 7 aromatic rings. The van der Waals surface area contributed by atoms with Gasteiger partial charge in [0.2, 0.25) is 0 Å². The summed E-state index contributed by atoms with van der Waals surface area (Å²) >= 11 is 27.5. The van der Waals surface area contributed by atoms with Gasteiger partial charge in [-0.1, -0.05) is 18.1 Å². The summed E-state index contributed by atoms with van der Waals surface area (Å²) < 4.78 is 83.3. The summed E-state index contributed by atoms with van der Waals surface area (Å²) in [5.74, 6) is 0.907. The fourth-order valence-corrected chi connectivity index (χ4v) is 21.1. The lowest BCUT2D eigenvalue weighted by molar-refractivity contribution is -0.142. The van der Waals surface area contributed by atoms with E-state index in [-0.39, 0.29) is 57.5 Å². The highest BCUT2D eigenvalue weighted by atomic mass is 79.9. The van der Waals surface area contributed by atoms with Gasteiger partial charge in [0.15, 0.2) is 11.6 Å². The van der Waals surface area contributed by atoms with Gasteiger partial charge in [0.05, 0.1) is 53.5 Å². The molecule has 0 radical (unpaired) electrons. The zero-order chi connectivity index (χ0) is 78.9. The maximum Gasteiger partial charge on any atom is 0.323 e. The Hall–Kier alpha value is -5.09. The van der Waals surface area contributed by atoms with Crippen molar-refractivity contribution in [1.29, 1.82) is 0 Å². The first-order chi connectivity index (χ1) is 47.5. The molecule has 0 bridgehead atoms. The van der Waals surface area contributed by atoms with Crippen LogP contribution in [0.3, 0.4) is 0 Å². The second kappa shape index (κ2) is 39.7. The normalized spacial score (nSPS) is 14.5. The Kier molecular flexibility index (Phi) is 35.5. The van der Waals surface area contributed by atoms with Gasteiger partial charge < -0.3 is 49.3 Å². The third-order valence-corrected chi connectivity index (χ3v) is 30.2. The van der Waals surface area contributed by atoms with Crippen molar-refractivity contribution in [3.05, 3.63) is 181 Å². The second-order valence-electron chi connectivity index (χ2n) is 26.4. The molecule has 6 aromatic carbocycles. The number of nitrogens with one attached hydrogen (secondary N) is 4. The van der Waals surface area contributed by atoms with Crippen LogP contribution in [0.15, 0.2) is 84.8 Å². The number of nitrogens with two attached hydrogens (primary N) is 4. The van der Waals surface area contributed by atoms with Crippen LogP contribution in [-0.4, -0.2) is 65.8 Å². The average Bonchev–Trinajstić information content (AvgIpc) is 1.66. The number of terminal acetylenes is 1. The molecule has 32 heteroatoms. The molecule has 103 heavy (non-hydrogen) atoms. The number of hydrogen-bond acceptors (Lipinski definition) is 15. The lowest BCUT2D eigenvalue weighted by atomic mass is 9.86. The second-order valence-corrected chi connectivity index (χ2v) is 39.8. The number of fused-ring (bicyclic) bond motifs is 6. The number of halogens is 10. The van der Waals surface area contributed by atoms with Crippen molar-refractivity contribution in [3.63, 3.8) is 0 Å². The predicted molar refractivity (Wildman–Crippen MR) is 446 cm³/mol. The molecule has 0 fully saturated rings. The Labute approximate surface area is 660 Å². The number of nitrogens with zero attached hydrogens (tertiary/aromatic N) is 2. The summed E-state index contributed by atoms with van der Waals surface area (Å²) in [4.78, 5) is 39.0. The first kappa shape index (κ1) is 92.1. The van der Waals surface area contributed by atoms with Crippen LogP contribution < -0.4 is 44.2 Å². The number of hydrogen-bond donors (Lipinski definition) is 9. The number of benzene rings is 6. The molecule has 14 nitrogen and oxygen atoms in total. The molecule has 5 heterocycles. The van der Waals surface area contributed by atoms with E-state index in [9.17, 15) is 40.7 Å². The number of anilines is 6. The van der Waals surface area contributed by atoms with Crippen molar-refractivity contribution in [2.24, 2.45) is 11.5 Å². The highest BCUT2D eigenvalue weighted by molar-refractivity contribution is 9.11. The lowest BCUT2D eigenvalue weighted by Gasteiger charge is -2.35. The van der Waals surface area contributed by atoms with Crippen molar-refractivity contribution >= 4 is 197 Å². The Morgan fingerprint density at radius 2 is 1.08 bits per heavy atom. The summed E-state index contributed by atoms with van der Waals surface area (Å²) in [5, 5.41) is 21.0. The molecule has 0 aliphatic carbocycles. The molecule has 1 aromatic heterocycles. The molecule has 0 unspecified atom stereocenters. The van der Waals surface area contributed by atoms with Crippen LogP contribution in [0.5, 0.6) is 0 Å². The van der Waals surface area contributed by atoms with E-state index in [1.54, 1.807) is 38.3 Å². The standard InChI is InChI=1S/C14H15BrFN3.C12H13BrFNO.C12H13BrFNS.C12H14FNO.C7H7BrFN.C7H8FN.C4H9NO2.C3H5N.P2S5/c1-7-6-17-13-14(3,4)18-10-5-9(16)11(15)8(2)12(10)19(7)13;2*1-6-7-4-10(16)12(2,3)15-9(7)5-8(14)11(6)13;1-7-4-8(13)5-10-9(7)6-11(15)12(2,3)14-10;1-4-2-5(9)3-6(8)7(4)10;1-5-4-6(8)2-3-7(5)9;1-4(2,5)3(6)7;1-2-3-4;3-1-2-5-7-6-4/h5-6,18H,1-4H3;2*5,15H,4H2,1-3H3;4-5,14H,6H2,1-3H3;2-3H,10H2,1H3;2-4H,9H2,1H3;5H2,1-2H3,(H,6,7);1H,3-4H2;. The number of nitrogen functional groups attached to an aromatic ring is 2. The van der Waals surface area contributed by atoms with Crippen molar-refractivity contribution in [2.45, 2.75) is 165 Å². The van der Waals surface area contributed by atoms with E-state index >= 15 is 0 Å². The van der Waals surface area contributed by atoms with E-state index in [0.717, 1.165) is 108 Å². The van der Waals surface area contributed by atoms with Gasteiger partial charge in [-0.3, -0.25) is 19.0 Å². The van der Waals surface area contributed by atoms with Gasteiger partial charge in [-0.25, -0.2) is 31.3 Å². The minimum Gasteiger partial charge on any atom is -0.480 e. The van der Waals surface area contributed by atoms with E-state index in [1.165, 1.54) is 84.4 Å². The molecule has 0 amide bonds. The number of aliphatic carboxylic acids is 1. The largest absolute Gasteiger partial charge is 0.480 e. The molecule has 558 valence electrons. The van der Waals surface area contributed by atoms with Gasteiger partial charge in [0.25, 0.3) is 0 Å².